The fraction of sp³-hybridized carbons (Fsp3) is 0.214. The van der Waals surface area contributed by atoms with E-state index in [-0.39, 0.29) is 5.91 Å². The molecule has 1 amide bonds. The monoisotopic (exact) mass is 279 g/mol. The Labute approximate surface area is 116 Å². The Bertz CT molecular complexity index is 510. The van der Waals surface area contributed by atoms with E-state index in [0.29, 0.717) is 13.0 Å². The number of halogens is 1. The standard InChI is InChI=1S/C14H14ClNOS/c15-12-4-1-3-11(9-12)6-7-16-14(17)10-13-5-2-8-18-13/h1-5,8-9H,6-7,10H2,(H,16,17). The third-order valence-electron chi connectivity index (χ3n) is 2.54. The van der Waals surface area contributed by atoms with Gasteiger partial charge in [-0.15, -0.1) is 11.3 Å². The van der Waals surface area contributed by atoms with E-state index in [1.807, 2.05) is 41.8 Å². The minimum absolute atomic E-state index is 0.0690. The summed E-state index contributed by atoms with van der Waals surface area (Å²) in [5, 5.41) is 5.63. The molecule has 0 atom stereocenters. The summed E-state index contributed by atoms with van der Waals surface area (Å²) in [5.41, 5.74) is 1.14. The zero-order chi connectivity index (χ0) is 12.8. The number of carbonyl (C=O) groups is 1. The second kappa shape index (κ2) is 6.57. The van der Waals surface area contributed by atoms with Crippen LogP contribution in [0.3, 0.4) is 0 Å². The van der Waals surface area contributed by atoms with Crippen LogP contribution in [0.1, 0.15) is 10.4 Å². The van der Waals surface area contributed by atoms with Crippen LogP contribution >= 0.6 is 22.9 Å². The van der Waals surface area contributed by atoms with Crippen LogP contribution in [0.2, 0.25) is 5.02 Å². The second-order valence-electron chi connectivity index (χ2n) is 3.99. The molecular formula is C14H14ClNOS. The van der Waals surface area contributed by atoms with Crippen LogP contribution in [-0.2, 0) is 17.6 Å². The van der Waals surface area contributed by atoms with Gasteiger partial charge in [0.1, 0.15) is 0 Å². The predicted octanol–water partition coefficient (Wildman–Crippen LogP) is 3.30. The summed E-state index contributed by atoms with van der Waals surface area (Å²) >= 11 is 7.50. The molecule has 0 saturated heterocycles. The first-order valence-electron chi connectivity index (χ1n) is 5.77. The number of hydrogen-bond acceptors (Lipinski definition) is 2. The summed E-state index contributed by atoms with van der Waals surface area (Å²) < 4.78 is 0. The first kappa shape index (κ1) is 13.1. The van der Waals surface area contributed by atoms with Crippen molar-refractivity contribution in [1.29, 1.82) is 0 Å². The number of hydrogen-bond donors (Lipinski definition) is 1. The Balaban J connectivity index is 1.73. The van der Waals surface area contributed by atoms with Crippen molar-refractivity contribution in [3.05, 3.63) is 57.2 Å². The van der Waals surface area contributed by atoms with Gasteiger partial charge in [0, 0.05) is 16.4 Å². The highest BCUT2D eigenvalue weighted by Gasteiger charge is 2.03. The van der Waals surface area contributed by atoms with Crippen LogP contribution in [0.15, 0.2) is 41.8 Å². The van der Waals surface area contributed by atoms with E-state index in [0.717, 1.165) is 21.9 Å². The number of rotatable bonds is 5. The maximum Gasteiger partial charge on any atom is 0.225 e. The van der Waals surface area contributed by atoms with E-state index in [9.17, 15) is 4.79 Å². The van der Waals surface area contributed by atoms with Gasteiger partial charge in [0.15, 0.2) is 0 Å². The summed E-state index contributed by atoms with van der Waals surface area (Å²) in [6.07, 6.45) is 1.27. The zero-order valence-corrected chi connectivity index (χ0v) is 11.4. The first-order valence-corrected chi connectivity index (χ1v) is 7.03. The highest BCUT2D eigenvalue weighted by molar-refractivity contribution is 7.10. The molecule has 94 valence electrons. The Morgan fingerprint density at radius 1 is 1.28 bits per heavy atom. The highest BCUT2D eigenvalue weighted by Crippen LogP contribution is 2.11. The summed E-state index contributed by atoms with van der Waals surface area (Å²) in [7, 11) is 0. The van der Waals surface area contributed by atoms with Crippen molar-refractivity contribution >= 4 is 28.8 Å². The molecule has 0 saturated carbocycles. The molecule has 2 rings (SSSR count). The van der Waals surface area contributed by atoms with Gasteiger partial charge in [-0.05, 0) is 35.6 Å². The van der Waals surface area contributed by atoms with Crippen LogP contribution in [0.25, 0.3) is 0 Å². The van der Waals surface area contributed by atoms with E-state index in [2.05, 4.69) is 5.32 Å². The van der Waals surface area contributed by atoms with Crippen LogP contribution in [0.5, 0.6) is 0 Å². The lowest BCUT2D eigenvalue weighted by molar-refractivity contribution is -0.120. The maximum absolute atomic E-state index is 11.6. The van der Waals surface area contributed by atoms with Crippen LogP contribution in [0.4, 0.5) is 0 Å². The largest absolute Gasteiger partial charge is 0.355 e. The van der Waals surface area contributed by atoms with Crippen molar-refractivity contribution in [3.8, 4) is 0 Å². The SMILES string of the molecule is O=C(Cc1cccs1)NCCc1cccc(Cl)c1. The molecule has 0 fully saturated rings. The fourth-order valence-corrected chi connectivity index (χ4v) is 2.59. The maximum atomic E-state index is 11.6. The predicted molar refractivity (Wildman–Crippen MR) is 76.2 cm³/mol. The summed E-state index contributed by atoms with van der Waals surface area (Å²) in [5.74, 6) is 0.0690. The summed E-state index contributed by atoms with van der Waals surface area (Å²) in [4.78, 5) is 12.7. The Morgan fingerprint density at radius 3 is 2.89 bits per heavy atom. The molecule has 0 radical (unpaired) electrons. The molecule has 0 bridgehead atoms. The van der Waals surface area contributed by atoms with Gasteiger partial charge in [0.05, 0.1) is 6.42 Å². The van der Waals surface area contributed by atoms with Gasteiger partial charge in [0.25, 0.3) is 0 Å². The number of nitrogens with one attached hydrogen (secondary N) is 1. The van der Waals surface area contributed by atoms with E-state index in [4.69, 9.17) is 11.6 Å². The van der Waals surface area contributed by atoms with Crippen LogP contribution in [-0.4, -0.2) is 12.5 Å². The smallest absolute Gasteiger partial charge is 0.225 e. The van der Waals surface area contributed by atoms with E-state index >= 15 is 0 Å². The molecule has 1 aromatic heterocycles. The Morgan fingerprint density at radius 2 is 2.17 bits per heavy atom. The lowest BCUT2D eigenvalue weighted by atomic mass is 10.1. The molecule has 0 aliphatic heterocycles. The van der Waals surface area contributed by atoms with Gasteiger partial charge in [-0.1, -0.05) is 29.8 Å². The average Bonchev–Trinajstić information content (AvgIpc) is 2.82. The molecule has 1 aromatic carbocycles. The van der Waals surface area contributed by atoms with Crippen molar-refractivity contribution in [2.24, 2.45) is 0 Å². The van der Waals surface area contributed by atoms with Gasteiger partial charge in [-0.3, -0.25) is 4.79 Å². The average molecular weight is 280 g/mol. The van der Waals surface area contributed by atoms with Crippen LogP contribution in [0, 0.1) is 0 Å². The lowest BCUT2D eigenvalue weighted by Crippen LogP contribution is -2.26. The van der Waals surface area contributed by atoms with Gasteiger partial charge >= 0.3 is 0 Å². The van der Waals surface area contributed by atoms with Crippen molar-refractivity contribution in [3.63, 3.8) is 0 Å². The van der Waals surface area contributed by atoms with Gasteiger partial charge in [-0.25, -0.2) is 0 Å². The third-order valence-corrected chi connectivity index (χ3v) is 3.65. The van der Waals surface area contributed by atoms with Crippen LogP contribution < -0.4 is 5.32 Å². The van der Waals surface area contributed by atoms with Crippen molar-refractivity contribution in [2.45, 2.75) is 12.8 Å². The highest BCUT2D eigenvalue weighted by atomic mass is 35.5. The fourth-order valence-electron chi connectivity index (χ4n) is 1.67. The molecular weight excluding hydrogens is 266 g/mol. The quantitative estimate of drug-likeness (QED) is 0.894. The molecule has 18 heavy (non-hydrogen) atoms. The molecule has 4 heteroatoms. The number of amides is 1. The zero-order valence-electron chi connectivity index (χ0n) is 9.86. The topological polar surface area (TPSA) is 29.1 Å². The van der Waals surface area contributed by atoms with E-state index in [1.54, 1.807) is 11.3 Å². The Kier molecular flexibility index (Phi) is 4.79. The minimum atomic E-state index is 0.0690. The molecule has 0 unspecified atom stereocenters. The van der Waals surface area contributed by atoms with E-state index in [1.165, 1.54) is 0 Å². The van der Waals surface area contributed by atoms with Gasteiger partial charge in [-0.2, -0.15) is 0 Å². The van der Waals surface area contributed by atoms with Crippen molar-refractivity contribution in [1.82, 2.24) is 5.32 Å². The van der Waals surface area contributed by atoms with Crippen molar-refractivity contribution in [2.75, 3.05) is 6.54 Å². The number of benzene rings is 1. The second-order valence-corrected chi connectivity index (χ2v) is 5.45. The summed E-state index contributed by atoms with van der Waals surface area (Å²) in [6.45, 7) is 0.643. The third kappa shape index (κ3) is 4.17. The first-order chi connectivity index (χ1) is 8.74. The number of thiophene rings is 1. The summed E-state index contributed by atoms with van der Waals surface area (Å²) in [6, 6.07) is 11.6. The van der Waals surface area contributed by atoms with Gasteiger partial charge < -0.3 is 5.32 Å². The molecule has 2 nitrogen and oxygen atoms in total. The molecule has 0 aliphatic rings. The molecule has 0 spiro atoms. The Hall–Kier alpha value is -1.32. The number of carbonyl (C=O) groups excluding carboxylic acids is 1. The van der Waals surface area contributed by atoms with E-state index < -0.39 is 0 Å². The molecule has 1 heterocycles. The van der Waals surface area contributed by atoms with Crippen molar-refractivity contribution < 1.29 is 4.79 Å². The molecule has 1 N–H and O–H groups in total. The molecule has 2 aromatic rings. The normalized spacial score (nSPS) is 10.3. The van der Waals surface area contributed by atoms with Gasteiger partial charge in [0.2, 0.25) is 5.91 Å². The minimum Gasteiger partial charge on any atom is -0.355 e. The molecule has 0 aliphatic carbocycles. The lowest BCUT2D eigenvalue weighted by Gasteiger charge is -2.04.